The summed E-state index contributed by atoms with van der Waals surface area (Å²) in [6.07, 6.45) is 27.8. The van der Waals surface area contributed by atoms with E-state index in [1.807, 2.05) is 0 Å². The van der Waals surface area contributed by atoms with Gasteiger partial charge in [0.2, 0.25) is 5.91 Å². The van der Waals surface area contributed by atoms with Gasteiger partial charge in [0.25, 0.3) is 0 Å². The molecule has 0 aromatic heterocycles. The fraction of sp³-hybridized carbons (Fsp3) is 0.862. The second kappa shape index (κ2) is 19.2. The Bertz CT molecular complexity index is 557. The van der Waals surface area contributed by atoms with Gasteiger partial charge in [0, 0.05) is 20.3 Å². The maximum absolute atomic E-state index is 11.5. The minimum atomic E-state index is 0.0607. The van der Waals surface area contributed by atoms with Crippen LogP contribution in [0.1, 0.15) is 137 Å². The normalized spacial score (nSPS) is 19.2. The SMILES string of the molecule is CCC/C=C/CCCCCCCCCCCCCCCC1=NCC[N+]1(CC)C(C)NC(C)=O. The smallest absolute Gasteiger partial charge is 0.221 e. The van der Waals surface area contributed by atoms with Gasteiger partial charge in [-0.2, -0.15) is 0 Å². The first-order chi connectivity index (χ1) is 16.1. The van der Waals surface area contributed by atoms with E-state index < -0.39 is 0 Å². The summed E-state index contributed by atoms with van der Waals surface area (Å²) in [5.74, 6) is 1.37. The lowest BCUT2D eigenvalue weighted by atomic mass is 10.0. The zero-order chi connectivity index (χ0) is 24.2. The van der Waals surface area contributed by atoms with Crippen LogP contribution in [0.2, 0.25) is 0 Å². The lowest BCUT2D eigenvalue weighted by molar-refractivity contribution is -0.861. The lowest BCUT2D eigenvalue weighted by Gasteiger charge is -2.39. The molecule has 1 N–H and O–H groups in total. The highest BCUT2D eigenvalue weighted by molar-refractivity contribution is 5.78. The fourth-order valence-electron chi connectivity index (χ4n) is 5.27. The van der Waals surface area contributed by atoms with Crippen LogP contribution >= 0.6 is 0 Å². The Kier molecular flexibility index (Phi) is 17.4. The molecule has 192 valence electrons. The Morgan fingerprint density at radius 2 is 1.39 bits per heavy atom. The number of nitrogens with one attached hydrogen (secondary N) is 1. The number of carbonyl (C=O) groups is 1. The van der Waals surface area contributed by atoms with Crippen molar-refractivity contribution in [3.8, 4) is 0 Å². The fourth-order valence-corrected chi connectivity index (χ4v) is 5.27. The van der Waals surface area contributed by atoms with Crippen molar-refractivity contribution in [2.45, 2.75) is 143 Å². The van der Waals surface area contributed by atoms with Crippen molar-refractivity contribution in [2.24, 2.45) is 4.99 Å². The van der Waals surface area contributed by atoms with Crippen LogP contribution in [0.15, 0.2) is 17.1 Å². The molecule has 1 rings (SSSR count). The number of hydrogen-bond acceptors (Lipinski definition) is 2. The zero-order valence-electron chi connectivity index (χ0n) is 22.7. The molecule has 4 heteroatoms. The molecule has 0 radical (unpaired) electrons. The third kappa shape index (κ3) is 12.8. The van der Waals surface area contributed by atoms with Crippen LogP contribution in [0.4, 0.5) is 0 Å². The van der Waals surface area contributed by atoms with E-state index in [9.17, 15) is 4.79 Å². The molecule has 0 aromatic carbocycles. The van der Waals surface area contributed by atoms with Crippen molar-refractivity contribution >= 4 is 11.7 Å². The summed E-state index contributed by atoms with van der Waals surface area (Å²) in [6.45, 7) is 11.2. The Morgan fingerprint density at radius 3 is 1.91 bits per heavy atom. The number of carbonyl (C=O) groups excluding carboxylic acids is 1. The van der Waals surface area contributed by atoms with Crippen LogP contribution in [0.5, 0.6) is 0 Å². The number of quaternary nitrogens is 1. The van der Waals surface area contributed by atoms with Crippen molar-refractivity contribution in [2.75, 3.05) is 19.6 Å². The third-order valence-corrected chi connectivity index (χ3v) is 7.42. The van der Waals surface area contributed by atoms with Gasteiger partial charge in [-0.15, -0.1) is 0 Å². The Labute approximate surface area is 206 Å². The highest BCUT2D eigenvalue weighted by Crippen LogP contribution is 2.23. The summed E-state index contributed by atoms with van der Waals surface area (Å²) in [5.41, 5.74) is 0. The van der Waals surface area contributed by atoms with Gasteiger partial charge in [-0.3, -0.25) is 9.28 Å². The van der Waals surface area contributed by atoms with Crippen molar-refractivity contribution < 1.29 is 9.28 Å². The summed E-state index contributed by atoms with van der Waals surface area (Å²) >= 11 is 0. The van der Waals surface area contributed by atoms with E-state index in [0.717, 1.165) is 30.5 Å². The Hall–Kier alpha value is -1.16. The van der Waals surface area contributed by atoms with Gasteiger partial charge < -0.3 is 5.32 Å². The van der Waals surface area contributed by atoms with Gasteiger partial charge in [-0.05, 0) is 32.6 Å². The number of rotatable bonds is 21. The minimum Gasteiger partial charge on any atom is -0.307 e. The van der Waals surface area contributed by atoms with Crippen LogP contribution < -0.4 is 5.32 Å². The summed E-state index contributed by atoms with van der Waals surface area (Å²) < 4.78 is 0.857. The second-order valence-corrected chi connectivity index (χ2v) is 10.1. The first kappa shape index (κ1) is 29.9. The summed E-state index contributed by atoms with van der Waals surface area (Å²) in [7, 11) is 0. The van der Waals surface area contributed by atoms with Crippen LogP contribution in [-0.4, -0.2) is 42.0 Å². The Balaban J connectivity index is 1.96. The van der Waals surface area contributed by atoms with Gasteiger partial charge in [0.15, 0.2) is 12.0 Å². The monoisotopic (exact) mass is 462 g/mol. The third-order valence-electron chi connectivity index (χ3n) is 7.42. The number of amides is 1. The first-order valence-electron chi connectivity index (χ1n) is 14.4. The number of hydrogen-bond donors (Lipinski definition) is 1. The van der Waals surface area contributed by atoms with E-state index in [2.05, 4.69) is 38.2 Å². The van der Waals surface area contributed by atoms with E-state index in [4.69, 9.17) is 4.99 Å². The molecule has 1 amide bonds. The molecule has 2 unspecified atom stereocenters. The van der Waals surface area contributed by atoms with Crippen LogP contribution in [0, 0.1) is 0 Å². The van der Waals surface area contributed by atoms with Gasteiger partial charge in [-0.1, -0.05) is 96.1 Å². The predicted octanol–water partition coefficient (Wildman–Crippen LogP) is 7.93. The topological polar surface area (TPSA) is 41.5 Å². The minimum absolute atomic E-state index is 0.0607. The molecule has 1 aliphatic heterocycles. The molecule has 1 aliphatic rings. The number of nitrogens with zero attached hydrogens (tertiary/aromatic N) is 2. The second-order valence-electron chi connectivity index (χ2n) is 10.1. The summed E-state index contributed by atoms with van der Waals surface area (Å²) in [4.78, 5) is 16.4. The van der Waals surface area contributed by atoms with Gasteiger partial charge in [-0.25, -0.2) is 4.99 Å². The van der Waals surface area contributed by atoms with E-state index in [0.29, 0.717) is 0 Å². The molecule has 0 fully saturated rings. The molecule has 2 atom stereocenters. The molecule has 4 nitrogen and oxygen atoms in total. The maximum atomic E-state index is 11.5. The standard InChI is InChI=1S/C29H55N3O/c1-5-7-8-9-10-11-12-13-14-15-16-17-18-19-20-21-22-23-24-29-30-25-26-32(29,6-2)27(3)31-28(4)33/h8-9,27H,5-7,10-26H2,1-4H3/p+1/b9-8+. The molecule has 0 bridgehead atoms. The van der Waals surface area contributed by atoms with Gasteiger partial charge in [0.05, 0.1) is 13.1 Å². The average molecular weight is 463 g/mol. The molecule has 0 saturated heterocycles. The highest BCUT2D eigenvalue weighted by atomic mass is 16.1. The molecular formula is C29H56N3O+. The van der Waals surface area contributed by atoms with E-state index in [1.165, 1.54) is 109 Å². The number of allylic oxidation sites excluding steroid dienone is 2. The molecule has 0 aromatic rings. The van der Waals surface area contributed by atoms with E-state index >= 15 is 0 Å². The maximum Gasteiger partial charge on any atom is 0.221 e. The molecule has 33 heavy (non-hydrogen) atoms. The molecule has 0 saturated carbocycles. The van der Waals surface area contributed by atoms with E-state index in [-0.39, 0.29) is 12.1 Å². The summed E-state index contributed by atoms with van der Waals surface area (Å²) in [6, 6.07) is 0. The summed E-state index contributed by atoms with van der Waals surface area (Å²) in [5, 5.41) is 3.12. The van der Waals surface area contributed by atoms with Gasteiger partial charge in [0.1, 0.15) is 6.54 Å². The largest absolute Gasteiger partial charge is 0.307 e. The number of likely N-dealkylation sites (N-methyl/N-ethyl adjacent to an activating group) is 1. The molecule has 1 heterocycles. The van der Waals surface area contributed by atoms with E-state index in [1.54, 1.807) is 6.92 Å². The lowest BCUT2D eigenvalue weighted by Crippen LogP contribution is -2.62. The number of unbranched alkanes of at least 4 members (excludes halogenated alkanes) is 14. The molecular weight excluding hydrogens is 406 g/mol. The molecule has 0 aliphatic carbocycles. The van der Waals surface area contributed by atoms with Crippen molar-refractivity contribution in [3.05, 3.63) is 12.2 Å². The van der Waals surface area contributed by atoms with Crippen molar-refractivity contribution in [3.63, 3.8) is 0 Å². The predicted molar refractivity (Wildman–Crippen MR) is 145 cm³/mol. The number of amidine groups is 1. The van der Waals surface area contributed by atoms with Crippen molar-refractivity contribution in [1.29, 1.82) is 0 Å². The van der Waals surface area contributed by atoms with Crippen LogP contribution in [0.25, 0.3) is 0 Å². The number of aliphatic imine (C=N–C) groups is 1. The average Bonchev–Trinajstić information content (AvgIpc) is 3.22. The molecule has 0 spiro atoms. The first-order valence-corrected chi connectivity index (χ1v) is 14.4. The zero-order valence-corrected chi connectivity index (χ0v) is 22.7. The quantitative estimate of drug-likeness (QED) is 0.105. The highest BCUT2D eigenvalue weighted by Gasteiger charge is 2.41. The van der Waals surface area contributed by atoms with Crippen LogP contribution in [0.3, 0.4) is 0 Å². The van der Waals surface area contributed by atoms with Gasteiger partial charge >= 0.3 is 0 Å². The Morgan fingerprint density at radius 1 is 0.879 bits per heavy atom. The van der Waals surface area contributed by atoms with Crippen LogP contribution in [-0.2, 0) is 4.79 Å². The van der Waals surface area contributed by atoms with Crippen molar-refractivity contribution in [1.82, 2.24) is 5.32 Å².